The zero-order valence-corrected chi connectivity index (χ0v) is 11.7. The molecule has 1 aliphatic rings. The quantitative estimate of drug-likeness (QED) is 0.905. The Labute approximate surface area is 113 Å². The molecule has 1 aromatic rings. The largest absolute Gasteiger partial charge is 0.368 e. The lowest BCUT2D eigenvalue weighted by Gasteiger charge is -2.14. The summed E-state index contributed by atoms with van der Waals surface area (Å²) in [7, 11) is -3.82. The maximum absolute atomic E-state index is 12.1. The number of aryl methyl sites for hydroxylation is 1. The van der Waals surface area contributed by atoms with Crippen molar-refractivity contribution in [1.29, 1.82) is 0 Å². The van der Waals surface area contributed by atoms with Crippen LogP contribution in [-0.4, -0.2) is 27.0 Å². The van der Waals surface area contributed by atoms with Gasteiger partial charge in [-0.2, -0.15) is 0 Å². The third kappa shape index (κ3) is 3.13. The summed E-state index contributed by atoms with van der Waals surface area (Å²) in [5.41, 5.74) is 0.820. The zero-order chi connectivity index (χ0) is 14.0. The predicted molar refractivity (Wildman–Crippen MR) is 70.0 cm³/mol. The normalized spacial score (nSPS) is 23.3. The highest BCUT2D eigenvalue weighted by Crippen LogP contribution is 2.21. The smallest absolute Gasteiger partial charge is 0.264 e. The topological polar surface area (TPSA) is 72.5 Å². The van der Waals surface area contributed by atoms with Gasteiger partial charge in [0.15, 0.2) is 0 Å². The SMILES string of the molecule is Cc1cccc(S(=O)(=O)NC(=O)[C@H]2OCC[C@H]2C)c1. The number of sulfonamides is 1. The molecule has 0 unspecified atom stereocenters. The highest BCUT2D eigenvalue weighted by Gasteiger charge is 2.33. The summed E-state index contributed by atoms with van der Waals surface area (Å²) in [5, 5.41) is 0. The van der Waals surface area contributed by atoms with E-state index >= 15 is 0 Å². The minimum absolute atomic E-state index is 0.0349. The number of carbonyl (C=O) groups excluding carboxylic acids is 1. The molecule has 2 rings (SSSR count). The molecule has 1 amide bonds. The van der Waals surface area contributed by atoms with Crippen LogP contribution in [0.15, 0.2) is 29.2 Å². The molecule has 19 heavy (non-hydrogen) atoms. The van der Waals surface area contributed by atoms with Crippen LogP contribution in [0.5, 0.6) is 0 Å². The van der Waals surface area contributed by atoms with Crippen molar-refractivity contribution in [3.63, 3.8) is 0 Å². The van der Waals surface area contributed by atoms with E-state index in [1.807, 2.05) is 6.92 Å². The summed E-state index contributed by atoms with van der Waals surface area (Å²) < 4.78 is 31.5. The van der Waals surface area contributed by atoms with Gasteiger partial charge in [0.1, 0.15) is 6.10 Å². The molecule has 1 fully saturated rings. The van der Waals surface area contributed by atoms with Crippen molar-refractivity contribution in [2.75, 3.05) is 6.61 Å². The highest BCUT2D eigenvalue weighted by molar-refractivity contribution is 7.90. The molecular formula is C13H17NO4S. The molecule has 1 heterocycles. The lowest BCUT2D eigenvalue weighted by Crippen LogP contribution is -2.40. The van der Waals surface area contributed by atoms with Crippen LogP contribution >= 0.6 is 0 Å². The third-order valence-corrected chi connectivity index (χ3v) is 4.53. The van der Waals surface area contributed by atoms with Gasteiger partial charge in [0.05, 0.1) is 4.90 Å². The molecule has 0 aliphatic carbocycles. The van der Waals surface area contributed by atoms with Gasteiger partial charge in [-0.05, 0) is 37.0 Å². The van der Waals surface area contributed by atoms with E-state index in [4.69, 9.17) is 4.74 Å². The van der Waals surface area contributed by atoms with E-state index in [0.717, 1.165) is 12.0 Å². The van der Waals surface area contributed by atoms with E-state index in [9.17, 15) is 13.2 Å². The Morgan fingerprint density at radius 2 is 2.16 bits per heavy atom. The van der Waals surface area contributed by atoms with Crippen molar-refractivity contribution < 1.29 is 17.9 Å². The molecule has 1 aliphatic heterocycles. The van der Waals surface area contributed by atoms with E-state index in [2.05, 4.69) is 4.72 Å². The number of ether oxygens (including phenoxy) is 1. The summed E-state index contributed by atoms with van der Waals surface area (Å²) in [4.78, 5) is 12.0. The van der Waals surface area contributed by atoms with E-state index in [0.29, 0.717) is 6.61 Å². The molecular weight excluding hydrogens is 266 g/mol. The van der Waals surface area contributed by atoms with Crippen molar-refractivity contribution in [2.45, 2.75) is 31.3 Å². The summed E-state index contributed by atoms with van der Waals surface area (Å²) >= 11 is 0. The first-order chi connectivity index (χ1) is 8.90. The third-order valence-electron chi connectivity index (χ3n) is 3.18. The summed E-state index contributed by atoms with van der Waals surface area (Å²) in [5.74, 6) is -0.556. The maximum Gasteiger partial charge on any atom is 0.264 e. The van der Waals surface area contributed by atoms with Crippen LogP contribution in [0.2, 0.25) is 0 Å². The van der Waals surface area contributed by atoms with Gasteiger partial charge >= 0.3 is 0 Å². The van der Waals surface area contributed by atoms with Gasteiger partial charge in [-0.1, -0.05) is 19.1 Å². The minimum atomic E-state index is -3.82. The fourth-order valence-electron chi connectivity index (χ4n) is 2.06. The van der Waals surface area contributed by atoms with Gasteiger partial charge in [0.25, 0.3) is 15.9 Å². The zero-order valence-electron chi connectivity index (χ0n) is 10.9. The Kier molecular flexibility index (Phi) is 3.91. The number of hydrogen-bond acceptors (Lipinski definition) is 4. The Balaban J connectivity index is 2.15. The number of carbonyl (C=O) groups is 1. The van der Waals surface area contributed by atoms with Gasteiger partial charge in [0, 0.05) is 6.61 Å². The Morgan fingerprint density at radius 3 is 2.74 bits per heavy atom. The van der Waals surface area contributed by atoms with Crippen LogP contribution in [0.1, 0.15) is 18.9 Å². The molecule has 0 spiro atoms. The van der Waals surface area contributed by atoms with Crippen LogP contribution in [0, 0.1) is 12.8 Å². The van der Waals surface area contributed by atoms with Crippen molar-refractivity contribution in [3.8, 4) is 0 Å². The first kappa shape index (κ1) is 14.0. The molecule has 5 nitrogen and oxygen atoms in total. The average molecular weight is 283 g/mol. The lowest BCUT2D eigenvalue weighted by atomic mass is 10.0. The van der Waals surface area contributed by atoms with E-state index < -0.39 is 22.0 Å². The van der Waals surface area contributed by atoms with E-state index in [1.165, 1.54) is 12.1 Å². The van der Waals surface area contributed by atoms with E-state index in [1.54, 1.807) is 19.1 Å². The van der Waals surface area contributed by atoms with Gasteiger partial charge < -0.3 is 4.74 Å². The molecule has 0 radical (unpaired) electrons. The molecule has 0 aromatic heterocycles. The van der Waals surface area contributed by atoms with Crippen molar-refractivity contribution in [1.82, 2.24) is 4.72 Å². The molecule has 2 atom stereocenters. The lowest BCUT2D eigenvalue weighted by molar-refractivity contribution is -0.129. The fraction of sp³-hybridized carbons (Fsp3) is 0.462. The van der Waals surface area contributed by atoms with Gasteiger partial charge in [-0.15, -0.1) is 0 Å². The summed E-state index contributed by atoms with van der Waals surface area (Å²) in [6.45, 7) is 4.16. The summed E-state index contributed by atoms with van der Waals surface area (Å²) in [6.07, 6.45) is 0.0855. The molecule has 1 saturated heterocycles. The number of amides is 1. The molecule has 104 valence electrons. The van der Waals surface area contributed by atoms with Crippen LogP contribution in [0.4, 0.5) is 0 Å². The van der Waals surface area contributed by atoms with Crippen LogP contribution < -0.4 is 4.72 Å². The second-order valence-electron chi connectivity index (χ2n) is 4.84. The Hall–Kier alpha value is -1.40. The summed E-state index contributed by atoms with van der Waals surface area (Å²) in [6, 6.07) is 6.42. The van der Waals surface area contributed by atoms with Crippen molar-refractivity contribution in [2.24, 2.45) is 5.92 Å². The second kappa shape index (κ2) is 5.30. The number of hydrogen-bond donors (Lipinski definition) is 1. The number of nitrogens with one attached hydrogen (secondary N) is 1. The van der Waals surface area contributed by atoms with Crippen molar-refractivity contribution >= 4 is 15.9 Å². The first-order valence-electron chi connectivity index (χ1n) is 6.15. The minimum Gasteiger partial charge on any atom is -0.368 e. The van der Waals surface area contributed by atoms with E-state index in [-0.39, 0.29) is 10.8 Å². The predicted octanol–water partition coefficient (Wildman–Crippen LogP) is 1.22. The molecule has 1 aromatic carbocycles. The van der Waals surface area contributed by atoms with Crippen LogP contribution in [0.25, 0.3) is 0 Å². The second-order valence-corrected chi connectivity index (χ2v) is 6.53. The van der Waals surface area contributed by atoms with Gasteiger partial charge in [0.2, 0.25) is 0 Å². The van der Waals surface area contributed by atoms with Gasteiger partial charge in [-0.25, -0.2) is 13.1 Å². The maximum atomic E-state index is 12.1. The number of rotatable bonds is 3. The average Bonchev–Trinajstić information content (AvgIpc) is 2.75. The van der Waals surface area contributed by atoms with Gasteiger partial charge in [-0.3, -0.25) is 4.79 Å². The monoisotopic (exact) mass is 283 g/mol. The van der Waals surface area contributed by atoms with Crippen LogP contribution in [-0.2, 0) is 19.6 Å². The van der Waals surface area contributed by atoms with Crippen molar-refractivity contribution in [3.05, 3.63) is 29.8 Å². The Morgan fingerprint density at radius 1 is 1.42 bits per heavy atom. The number of benzene rings is 1. The molecule has 0 bridgehead atoms. The molecule has 0 saturated carbocycles. The Bertz CT molecular complexity index is 582. The highest BCUT2D eigenvalue weighted by atomic mass is 32.2. The first-order valence-corrected chi connectivity index (χ1v) is 7.63. The molecule has 6 heteroatoms. The standard InChI is InChI=1S/C13H17NO4S/c1-9-4-3-5-11(8-9)19(16,17)14-13(15)12-10(2)6-7-18-12/h3-5,8,10,12H,6-7H2,1-2H3,(H,14,15)/t10-,12+/m1/s1. The molecule has 1 N–H and O–H groups in total. The fourth-order valence-corrected chi connectivity index (χ4v) is 3.16. The van der Waals surface area contributed by atoms with Crippen LogP contribution in [0.3, 0.4) is 0 Å².